The van der Waals surface area contributed by atoms with E-state index in [0.29, 0.717) is 24.6 Å². The fraction of sp³-hybridized carbons (Fsp3) is 0.273. The predicted octanol–water partition coefficient (Wildman–Crippen LogP) is 0.901. The van der Waals surface area contributed by atoms with Crippen molar-refractivity contribution in [3.8, 4) is 5.75 Å². The van der Waals surface area contributed by atoms with Gasteiger partial charge in [-0.3, -0.25) is 0 Å². The topological polar surface area (TPSA) is 79.4 Å². The summed E-state index contributed by atoms with van der Waals surface area (Å²) < 4.78 is 4.91. The molecule has 1 aromatic heterocycles. The van der Waals surface area contributed by atoms with Crippen LogP contribution in [0, 0.1) is 0 Å². The van der Waals surface area contributed by atoms with Gasteiger partial charge in [0.1, 0.15) is 5.75 Å². The maximum absolute atomic E-state index is 9.56. The van der Waals surface area contributed by atoms with Gasteiger partial charge in [-0.1, -0.05) is 23.4 Å². The van der Waals surface area contributed by atoms with Crippen molar-refractivity contribution in [1.29, 1.82) is 0 Å². The summed E-state index contributed by atoms with van der Waals surface area (Å²) in [6, 6.07) is 7.01. The lowest BCUT2D eigenvalue weighted by Gasteiger charge is -1.99. The number of aliphatic hydroxyl groups excluding tert-OH is 1. The average Bonchev–Trinajstić information content (AvgIpc) is 2.70. The Kier molecular flexibility index (Phi) is 3.16. The van der Waals surface area contributed by atoms with Crippen LogP contribution < -0.4 is 0 Å². The van der Waals surface area contributed by atoms with Gasteiger partial charge in [0.2, 0.25) is 5.89 Å². The second-order valence-corrected chi connectivity index (χ2v) is 3.38. The molecule has 2 aromatic rings. The van der Waals surface area contributed by atoms with Gasteiger partial charge in [0.25, 0.3) is 0 Å². The molecule has 84 valence electrons. The molecule has 0 saturated carbocycles. The van der Waals surface area contributed by atoms with Crippen LogP contribution in [0.25, 0.3) is 0 Å². The minimum absolute atomic E-state index is 0.0157. The van der Waals surface area contributed by atoms with Crippen molar-refractivity contribution in [1.82, 2.24) is 10.1 Å². The normalized spacial score (nSPS) is 10.6. The zero-order valence-electron chi connectivity index (χ0n) is 8.63. The molecular weight excluding hydrogens is 208 g/mol. The largest absolute Gasteiger partial charge is 0.508 e. The fourth-order valence-corrected chi connectivity index (χ4v) is 1.39. The molecule has 5 nitrogen and oxygen atoms in total. The predicted molar refractivity (Wildman–Crippen MR) is 56.0 cm³/mol. The Morgan fingerprint density at radius 1 is 1.25 bits per heavy atom. The second-order valence-electron chi connectivity index (χ2n) is 3.38. The summed E-state index contributed by atoms with van der Waals surface area (Å²) in [6.07, 6.45) is 0.773. The van der Waals surface area contributed by atoms with Crippen molar-refractivity contribution < 1.29 is 14.7 Å². The molecule has 1 aromatic carbocycles. The Morgan fingerprint density at radius 2 is 2.06 bits per heavy atom. The summed E-state index contributed by atoms with van der Waals surface area (Å²) in [5.74, 6) is 1.13. The highest BCUT2D eigenvalue weighted by molar-refractivity contribution is 5.33. The van der Waals surface area contributed by atoms with Crippen molar-refractivity contribution in [3.05, 3.63) is 41.5 Å². The summed E-state index contributed by atoms with van der Waals surface area (Å²) in [5.41, 5.74) is 0.749. The average molecular weight is 220 g/mol. The van der Waals surface area contributed by atoms with Crippen molar-refractivity contribution in [2.75, 3.05) is 6.61 Å². The smallest absolute Gasteiger partial charge is 0.228 e. The molecule has 0 spiro atoms. The van der Waals surface area contributed by atoms with Crippen LogP contribution in [0.1, 0.15) is 17.3 Å². The van der Waals surface area contributed by atoms with E-state index in [0.717, 1.165) is 5.56 Å². The Labute approximate surface area is 92.4 Å². The van der Waals surface area contributed by atoms with Crippen LogP contribution in [0.2, 0.25) is 0 Å². The van der Waals surface area contributed by atoms with Crippen LogP contribution in [0.4, 0.5) is 0 Å². The SMILES string of the molecule is OCCc1nc(Cc2ccccc2O)no1. The molecule has 0 unspecified atom stereocenters. The molecule has 1 heterocycles. The van der Waals surface area contributed by atoms with Crippen LogP contribution >= 0.6 is 0 Å². The van der Waals surface area contributed by atoms with E-state index in [4.69, 9.17) is 9.63 Å². The summed E-state index contributed by atoms with van der Waals surface area (Å²) in [7, 11) is 0. The standard InChI is InChI=1S/C11H12N2O3/c14-6-5-11-12-10(13-16-11)7-8-3-1-2-4-9(8)15/h1-4,14-15H,5-7H2. The van der Waals surface area contributed by atoms with Gasteiger partial charge >= 0.3 is 0 Å². The molecule has 0 fully saturated rings. The number of para-hydroxylation sites is 1. The number of hydrogen-bond acceptors (Lipinski definition) is 5. The van der Waals surface area contributed by atoms with E-state index in [2.05, 4.69) is 10.1 Å². The number of aliphatic hydroxyl groups is 1. The van der Waals surface area contributed by atoms with Crippen molar-refractivity contribution in [2.24, 2.45) is 0 Å². The summed E-state index contributed by atoms with van der Waals surface area (Å²) in [5, 5.41) is 22.0. The molecule has 0 aliphatic rings. The number of benzene rings is 1. The lowest BCUT2D eigenvalue weighted by molar-refractivity contribution is 0.274. The number of aromatic nitrogens is 2. The maximum Gasteiger partial charge on any atom is 0.228 e. The Balaban J connectivity index is 2.11. The zero-order chi connectivity index (χ0) is 11.4. The van der Waals surface area contributed by atoms with Gasteiger partial charge in [-0.15, -0.1) is 0 Å². The van der Waals surface area contributed by atoms with E-state index in [1.165, 1.54) is 0 Å². The molecule has 0 radical (unpaired) electrons. The van der Waals surface area contributed by atoms with Gasteiger partial charge in [0, 0.05) is 12.0 Å². The fourth-order valence-electron chi connectivity index (χ4n) is 1.39. The zero-order valence-corrected chi connectivity index (χ0v) is 8.63. The minimum Gasteiger partial charge on any atom is -0.508 e. The third-order valence-corrected chi connectivity index (χ3v) is 2.18. The van der Waals surface area contributed by atoms with Crippen LogP contribution in [0.15, 0.2) is 28.8 Å². The van der Waals surface area contributed by atoms with Gasteiger partial charge in [-0.2, -0.15) is 4.98 Å². The van der Waals surface area contributed by atoms with Gasteiger partial charge in [0.15, 0.2) is 5.82 Å². The third kappa shape index (κ3) is 2.38. The van der Waals surface area contributed by atoms with Gasteiger partial charge in [-0.25, -0.2) is 0 Å². The highest BCUT2D eigenvalue weighted by Gasteiger charge is 2.08. The molecule has 2 N–H and O–H groups in total. The maximum atomic E-state index is 9.56. The van der Waals surface area contributed by atoms with E-state index in [-0.39, 0.29) is 12.4 Å². The highest BCUT2D eigenvalue weighted by Crippen LogP contribution is 2.18. The molecule has 0 saturated heterocycles. The second kappa shape index (κ2) is 4.76. The van der Waals surface area contributed by atoms with Crippen LogP contribution in [-0.4, -0.2) is 27.0 Å². The molecule has 16 heavy (non-hydrogen) atoms. The van der Waals surface area contributed by atoms with Crippen LogP contribution in [0.5, 0.6) is 5.75 Å². The number of rotatable bonds is 4. The summed E-state index contributed by atoms with van der Waals surface area (Å²) in [6.45, 7) is -0.0157. The van der Waals surface area contributed by atoms with E-state index in [9.17, 15) is 5.11 Å². The third-order valence-electron chi connectivity index (χ3n) is 2.18. The van der Waals surface area contributed by atoms with Crippen LogP contribution in [0.3, 0.4) is 0 Å². The Bertz CT molecular complexity index is 468. The molecular formula is C11H12N2O3. The first kappa shape index (κ1) is 10.6. The molecule has 0 aliphatic heterocycles. The van der Waals surface area contributed by atoms with E-state index in [1.807, 2.05) is 6.07 Å². The van der Waals surface area contributed by atoms with Crippen molar-refractivity contribution in [3.63, 3.8) is 0 Å². The number of aromatic hydroxyl groups is 1. The monoisotopic (exact) mass is 220 g/mol. The number of phenolic OH excluding ortho intramolecular Hbond substituents is 1. The lowest BCUT2D eigenvalue weighted by atomic mass is 10.1. The van der Waals surface area contributed by atoms with E-state index in [1.54, 1.807) is 18.2 Å². The first-order valence-corrected chi connectivity index (χ1v) is 4.99. The number of nitrogens with zero attached hydrogens (tertiary/aromatic N) is 2. The van der Waals surface area contributed by atoms with E-state index >= 15 is 0 Å². The van der Waals surface area contributed by atoms with Gasteiger partial charge in [0.05, 0.1) is 13.0 Å². The lowest BCUT2D eigenvalue weighted by Crippen LogP contribution is -1.93. The summed E-state index contributed by atoms with van der Waals surface area (Å²) in [4.78, 5) is 4.09. The quantitative estimate of drug-likeness (QED) is 0.800. The first-order chi connectivity index (χ1) is 7.79. The molecule has 0 atom stereocenters. The highest BCUT2D eigenvalue weighted by atomic mass is 16.5. The molecule has 0 amide bonds. The molecule has 5 heteroatoms. The van der Waals surface area contributed by atoms with E-state index < -0.39 is 0 Å². The van der Waals surface area contributed by atoms with Gasteiger partial charge in [-0.05, 0) is 6.07 Å². The van der Waals surface area contributed by atoms with Gasteiger partial charge < -0.3 is 14.7 Å². The number of phenols is 1. The van der Waals surface area contributed by atoms with Crippen molar-refractivity contribution >= 4 is 0 Å². The Hall–Kier alpha value is -1.88. The molecule has 0 aliphatic carbocycles. The molecule has 2 rings (SSSR count). The first-order valence-electron chi connectivity index (χ1n) is 4.99. The number of hydrogen-bond donors (Lipinski definition) is 2. The van der Waals surface area contributed by atoms with Crippen molar-refractivity contribution in [2.45, 2.75) is 12.8 Å². The molecule has 0 bridgehead atoms. The Morgan fingerprint density at radius 3 is 2.81 bits per heavy atom. The minimum atomic E-state index is -0.0157. The van der Waals surface area contributed by atoms with Crippen LogP contribution in [-0.2, 0) is 12.8 Å². The summed E-state index contributed by atoms with van der Waals surface area (Å²) >= 11 is 0.